The van der Waals surface area contributed by atoms with Crippen LogP contribution in [0.4, 0.5) is 4.39 Å². The number of aryl methyl sites for hydroxylation is 2. The van der Waals surface area contributed by atoms with E-state index in [9.17, 15) is 4.39 Å². The molecule has 0 aliphatic carbocycles. The van der Waals surface area contributed by atoms with Gasteiger partial charge in [-0.05, 0) is 55.7 Å². The van der Waals surface area contributed by atoms with Crippen LogP contribution in [0.1, 0.15) is 35.5 Å². The van der Waals surface area contributed by atoms with Crippen LogP contribution in [0.15, 0.2) is 41.6 Å². The van der Waals surface area contributed by atoms with E-state index in [2.05, 4.69) is 10.2 Å². The van der Waals surface area contributed by atoms with Gasteiger partial charge in [0.1, 0.15) is 11.6 Å². The van der Waals surface area contributed by atoms with Crippen molar-refractivity contribution < 1.29 is 9.13 Å². The highest BCUT2D eigenvalue weighted by atomic mass is 35.5. The number of nitrogens with zero attached hydrogens (tertiary/aromatic N) is 3. The zero-order valence-electron chi connectivity index (χ0n) is 15.7. The Morgan fingerprint density at radius 1 is 1.19 bits per heavy atom. The molecule has 4 nitrogen and oxygen atoms in total. The minimum Gasteiger partial charge on any atom is -0.483 e. The second-order valence-corrected chi connectivity index (χ2v) is 7.73. The summed E-state index contributed by atoms with van der Waals surface area (Å²) in [6.45, 7) is 5.83. The quantitative estimate of drug-likeness (QED) is 0.496. The lowest BCUT2D eigenvalue weighted by molar-refractivity contribution is 0.211. The monoisotopic (exact) mass is 405 g/mol. The van der Waals surface area contributed by atoms with Gasteiger partial charge in [-0.15, -0.1) is 10.2 Å². The summed E-state index contributed by atoms with van der Waals surface area (Å²) in [5, 5.41) is 9.95. The molecule has 0 aliphatic rings. The molecule has 0 amide bonds. The average molecular weight is 406 g/mol. The summed E-state index contributed by atoms with van der Waals surface area (Å²) in [4.78, 5) is 0. The van der Waals surface area contributed by atoms with E-state index in [1.165, 1.54) is 17.8 Å². The number of hydrogen-bond donors (Lipinski definition) is 0. The summed E-state index contributed by atoms with van der Waals surface area (Å²) in [6.07, 6.45) is -0.287. The Morgan fingerprint density at radius 3 is 2.52 bits per heavy atom. The van der Waals surface area contributed by atoms with Crippen LogP contribution in [0.5, 0.6) is 5.75 Å². The first-order valence-electron chi connectivity index (χ1n) is 8.55. The molecule has 0 saturated heterocycles. The van der Waals surface area contributed by atoms with E-state index >= 15 is 0 Å². The number of hydrogen-bond acceptors (Lipinski definition) is 4. The Balaban J connectivity index is 1.71. The standard InChI is InChI=1S/C20H21ClFN3OS/c1-12-9-16(10-13(2)18(12)21)26-14(3)19-23-24-20(25(19)4)27-11-15-7-5-6-8-17(15)22/h5-10,14H,11H2,1-4H3. The van der Waals surface area contributed by atoms with E-state index in [-0.39, 0.29) is 11.9 Å². The molecule has 1 unspecified atom stereocenters. The third-order valence-electron chi connectivity index (χ3n) is 4.27. The number of benzene rings is 2. The molecular weight excluding hydrogens is 385 g/mol. The first-order valence-corrected chi connectivity index (χ1v) is 9.92. The van der Waals surface area contributed by atoms with E-state index in [0.29, 0.717) is 22.3 Å². The fourth-order valence-corrected chi connectivity index (χ4v) is 3.81. The maximum Gasteiger partial charge on any atom is 0.191 e. The van der Waals surface area contributed by atoms with Gasteiger partial charge in [-0.3, -0.25) is 0 Å². The van der Waals surface area contributed by atoms with Crippen molar-refractivity contribution in [3.05, 3.63) is 69.8 Å². The Bertz CT molecular complexity index is 937. The van der Waals surface area contributed by atoms with E-state index in [4.69, 9.17) is 16.3 Å². The van der Waals surface area contributed by atoms with Crippen LogP contribution in [0, 0.1) is 19.7 Å². The maximum atomic E-state index is 13.8. The number of rotatable bonds is 6. The molecular formula is C20H21ClFN3OS. The van der Waals surface area contributed by atoms with Crippen molar-refractivity contribution in [1.82, 2.24) is 14.8 Å². The lowest BCUT2D eigenvalue weighted by atomic mass is 10.1. The number of aromatic nitrogens is 3. The molecule has 3 aromatic rings. The second-order valence-electron chi connectivity index (χ2n) is 6.41. The van der Waals surface area contributed by atoms with Crippen molar-refractivity contribution in [2.45, 2.75) is 37.8 Å². The van der Waals surface area contributed by atoms with Crippen LogP contribution in [-0.2, 0) is 12.8 Å². The minimum absolute atomic E-state index is 0.211. The Kier molecular flexibility index (Phi) is 6.07. The Morgan fingerprint density at radius 2 is 1.85 bits per heavy atom. The van der Waals surface area contributed by atoms with E-state index in [0.717, 1.165) is 21.9 Å². The van der Waals surface area contributed by atoms with Gasteiger partial charge < -0.3 is 9.30 Å². The third kappa shape index (κ3) is 4.45. The van der Waals surface area contributed by atoms with Crippen molar-refractivity contribution >= 4 is 23.4 Å². The van der Waals surface area contributed by atoms with Crippen LogP contribution >= 0.6 is 23.4 Å². The molecule has 0 radical (unpaired) electrons. The highest BCUT2D eigenvalue weighted by molar-refractivity contribution is 7.98. The SMILES string of the molecule is Cc1cc(OC(C)c2nnc(SCc3ccccc3F)n2C)cc(C)c1Cl. The summed E-state index contributed by atoms with van der Waals surface area (Å²) in [6, 6.07) is 10.6. The molecule has 3 rings (SSSR count). The maximum absolute atomic E-state index is 13.8. The topological polar surface area (TPSA) is 39.9 Å². The second kappa shape index (κ2) is 8.31. The molecule has 0 aliphatic heterocycles. The lowest BCUT2D eigenvalue weighted by Gasteiger charge is -2.16. The molecule has 0 fully saturated rings. The number of halogens is 2. The molecule has 1 atom stereocenters. The first-order chi connectivity index (χ1) is 12.9. The highest BCUT2D eigenvalue weighted by Gasteiger charge is 2.18. The Hall–Kier alpha value is -2.05. The summed E-state index contributed by atoms with van der Waals surface area (Å²) >= 11 is 7.66. The highest BCUT2D eigenvalue weighted by Crippen LogP contribution is 2.30. The molecule has 0 bridgehead atoms. The predicted octanol–water partition coefficient (Wildman–Crippen LogP) is 5.66. The summed E-state index contributed by atoms with van der Waals surface area (Å²) in [7, 11) is 1.89. The molecule has 0 spiro atoms. The fourth-order valence-electron chi connectivity index (χ4n) is 2.79. The lowest BCUT2D eigenvalue weighted by Crippen LogP contribution is -2.10. The van der Waals surface area contributed by atoms with E-state index in [1.54, 1.807) is 12.1 Å². The van der Waals surface area contributed by atoms with Gasteiger partial charge >= 0.3 is 0 Å². The van der Waals surface area contributed by atoms with Crippen molar-refractivity contribution in [1.29, 1.82) is 0 Å². The zero-order chi connectivity index (χ0) is 19.6. The number of ether oxygens (including phenoxy) is 1. The van der Waals surface area contributed by atoms with Gasteiger partial charge in [-0.25, -0.2) is 4.39 Å². The summed E-state index contributed by atoms with van der Waals surface area (Å²) in [5.74, 6) is 1.73. The molecule has 27 heavy (non-hydrogen) atoms. The average Bonchev–Trinajstić information content (AvgIpc) is 2.99. The van der Waals surface area contributed by atoms with E-state index < -0.39 is 0 Å². The van der Waals surface area contributed by atoms with Crippen LogP contribution in [-0.4, -0.2) is 14.8 Å². The van der Waals surface area contributed by atoms with Crippen molar-refractivity contribution in [2.75, 3.05) is 0 Å². The van der Waals surface area contributed by atoms with E-state index in [1.807, 2.05) is 50.6 Å². The molecule has 1 aromatic heterocycles. The Labute approximate surface area is 167 Å². The van der Waals surface area contributed by atoms with Gasteiger partial charge in [0.15, 0.2) is 17.1 Å². The molecule has 7 heteroatoms. The molecule has 0 saturated carbocycles. The molecule has 2 aromatic carbocycles. The van der Waals surface area contributed by atoms with Gasteiger partial charge in [0.05, 0.1) is 0 Å². The summed E-state index contributed by atoms with van der Waals surface area (Å²) in [5.41, 5.74) is 2.58. The molecule has 0 N–H and O–H groups in total. The first kappa shape index (κ1) is 19.7. The third-order valence-corrected chi connectivity index (χ3v) is 5.93. The smallest absolute Gasteiger partial charge is 0.191 e. The van der Waals surface area contributed by atoms with Crippen LogP contribution in [0.25, 0.3) is 0 Å². The minimum atomic E-state index is -0.287. The van der Waals surface area contributed by atoms with Gasteiger partial charge in [0.25, 0.3) is 0 Å². The van der Waals surface area contributed by atoms with Crippen LogP contribution in [0.2, 0.25) is 5.02 Å². The van der Waals surface area contributed by atoms with Gasteiger partial charge in [-0.2, -0.15) is 0 Å². The van der Waals surface area contributed by atoms with Crippen molar-refractivity contribution in [2.24, 2.45) is 7.05 Å². The van der Waals surface area contributed by atoms with Gasteiger partial charge in [0, 0.05) is 17.8 Å². The predicted molar refractivity (Wildman–Crippen MR) is 107 cm³/mol. The van der Waals surface area contributed by atoms with Crippen LogP contribution in [0.3, 0.4) is 0 Å². The van der Waals surface area contributed by atoms with Crippen molar-refractivity contribution in [3.8, 4) is 5.75 Å². The number of thioether (sulfide) groups is 1. The van der Waals surface area contributed by atoms with Gasteiger partial charge in [-0.1, -0.05) is 41.6 Å². The molecule has 142 valence electrons. The largest absolute Gasteiger partial charge is 0.483 e. The summed E-state index contributed by atoms with van der Waals surface area (Å²) < 4.78 is 21.7. The van der Waals surface area contributed by atoms with Crippen LogP contribution < -0.4 is 4.74 Å². The normalized spacial score (nSPS) is 12.2. The van der Waals surface area contributed by atoms with Gasteiger partial charge in [0.2, 0.25) is 0 Å². The zero-order valence-corrected chi connectivity index (χ0v) is 17.2. The fraction of sp³-hybridized carbons (Fsp3) is 0.300. The molecule has 1 heterocycles. The van der Waals surface area contributed by atoms with Crippen molar-refractivity contribution in [3.63, 3.8) is 0 Å².